The molecule has 0 aromatic heterocycles. The van der Waals surface area contributed by atoms with Crippen LogP contribution in [0.5, 0.6) is 0 Å². The lowest BCUT2D eigenvalue weighted by Crippen LogP contribution is -1.98. The van der Waals surface area contributed by atoms with Crippen molar-refractivity contribution in [3.63, 3.8) is 0 Å². The molecular weight excluding hydrogens is 218 g/mol. The first kappa shape index (κ1) is 14.2. The molecule has 18 heavy (non-hydrogen) atoms. The van der Waals surface area contributed by atoms with Crippen LogP contribution in [0.4, 0.5) is 0 Å². The Kier molecular flexibility index (Phi) is 5.86. The van der Waals surface area contributed by atoms with Crippen LogP contribution in [0, 0.1) is 0 Å². The second-order valence-electron chi connectivity index (χ2n) is 3.97. The van der Waals surface area contributed by atoms with Crippen molar-refractivity contribution >= 4 is 5.71 Å². The first-order chi connectivity index (χ1) is 8.74. The van der Waals surface area contributed by atoms with Gasteiger partial charge in [0.25, 0.3) is 0 Å². The van der Waals surface area contributed by atoms with E-state index in [4.69, 9.17) is 0 Å². The van der Waals surface area contributed by atoms with E-state index in [1.807, 2.05) is 38.2 Å². The van der Waals surface area contributed by atoms with Crippen molar-refractivity contribution in [3.8, 4) is 0 Å². The average Bonchev–Trinajstić information content (AvgIpc) is 2.43. The quantitative estimate of drug-likeness (QED) is 0.521. The highest BCUT2D eigenvalue weighted by Gasteiger charge is 2.00. The molecule has 1 aromatic rings. The first-order valence-corrected chi connectivity index (χ1v) is 6.34. The van der Waals surface area contributed by atoms with Gasteiger partial charge in [0.05, 0.1) is 11.4 Å². The standard InChI is InChI=1S/C17H21N/c1-5-10-16(7-3)18-17(8-4)15-12-9-11-14(6-2)13-15/h5,7-13H,4,6H2,1-3H3/b10-5+,16-7-,18-17+. The highest BCUT2D eigenvalue weighted by molar-refractivity contribution is 6.09. The topological polar surface area (TPSA) is 12.4 Å². The predicted molar refractivity (Wildman–Crippen MR) is 81.1 cm³/mol. The minimum absolute atomic E-state index is 0.913. The summed E-state index contributed by atoms with van der Waals surface area (Å²) in [6.07, 6.45) is 8.81. The van der Waals surface area contributed by atoms with Crippen LogP contribution in [0.2, 0.25) is 0 Å². The summed E-state index contributed by atoms with van der Waals surface area (Å²) in [6, 6.07) is 8.44. The van der Waals surface area contributed by atoms with Gasteiger partial charge in [-0.2, -0.15) is 0 Å². The molecule has 0 amide bonds. The maximum Gasteiger partial charge on any atom is 0.0703 e. The highest BCUT2D eigenvalue weighted by atomic mass is 14.7. The number of nitrogens with zero attached hydrogens (tertiary/aromatic N) is 1. The molecule has 94 valence electrons. The number of hydrogen-bond donors (Lipinski definition) is 0. The van der Waals surface area contributed by atoms with E-state index in [0.717, 1.165) is 23.4 Å². The SMILES string of the molecule is C=C\C(=N/C(=C\C)/C=C/C)c1cccc(CC)c1. The molecule has 0 bridgehead atoms. The zero-order valence-electron chi connectivity index (χ0n) is 11.5. The average molecular weight is 239 g/mol. The van der Waals surface area contributed by atoms with Gasteiger partial charge < -0.3 is 0 Å². The van der Waals surface area contributed by atoms with Crippen molar-refractivity contribution in [2.24, 2.45) is 4.99 Å². The summed E-state index contributed by atoms with van der Waals surface area (Å²) < 4.78 is 0. The minimum Gasteiger partial charge on any atom is -0.249 e. The highest BCUT2D eigenvalue weighted by Crippen LogP contribution is 2.11. The van der Waals surface area contributed by atoms with Crippen molar-refractivity contribution in [2.75, 3.05) is 0 Å². The molecule has 0 spiro atoms. The van der Waals surface area contributed by atoms with E-state index in [1.54, 1.807) is 0 Å². The number of aliphatic imine (C=N–C) groups is 1. The molecule has 0 saturated carbocycles. The van der Waals surface area contributed by atoms with Crippen LogP contribution in [0.1, 0.15) is 31.9 Å². The van der Waals surface area contributed by atoms with Gasteiger partial charge in [-0.25, -0.2) is 4.99 Å². The summed E-state index contributed by atoms with van der Waals surface area (Å²) in [6.45, 7) is 9.99. The molecule has 1 heteroatoms. The molecule has 0 fully saturated rings. The van der Waals surface area contributed by atoms with E-state index < -0.39 is 0 Å². The molecule has 1 rings (SSSR count). The lowest BCUT2D eigenvalue weighted by atomic mass is 10.0. The summed E-state index contributed by atoms with van der Waals surface area (Å²) in [4.78, 5) is 4.62. The maximum absolute atomic E-state index is 4.62. The van der Waals surface area contributed by atoms with Crippen LogP contribution in [-0.2, 0) is 6.42 Å². The molecule has 0 aliphatic heterocycles. The summed E-state index contributed by atoms with van der Waals surface area (Å²) in [5.41, 5.74) is 4.30. The summed E-state index contributed by atoms with van der Waals surface area (Å²) in [7, 11) is 0. The minimum atomic E-state index is 0.913. The smallest absolute Gasteiger partial charge is 0.0703 e. The van der Waals surface area contributed by atoms with Crippen molar-refractivity contribution in [3.05, 3.63) is 72.0 Å². The molecular formula is C17H21N. The van der Waals surface area contributed by atoms with E-state index in [-0.39, 0.29) is 0 Å². The van der Waals surface area contributed by atoms with Gasteiger partial charge in [0.1, 0.15) is 0 Å². The molecule has 1 nitrogen and oxygen atoms in total. The lowest BCUT2D eigenvalue weighted by Gasteiger charge is -2.04. The molecule has 1 aromatic carbocycles. The largest absolute Gasteiger partial charge is 0.249 e. The van der Waals surface area contributed by atoms with Crippen molar-refractivity contribution in [2.45, 2.75) is 27.2 Å². The lowest BCUT2D eigenvalue weighted by molar-refractivity contribution is 1.14. The Hall–Kier alpha value is -1.89. The molecule has 0 unspecified atom stereocenters. The van der Waals surface area contributed by atoms with Crippen molar-refractivity contribution in [1.29, 1.82) is 0 Å². The fourth-order valence-electron chi connectivity index (χ4n) is 1.69. The maximum atomic E-state index is 4.62. The number of hydrogen-bond acceptors (Lipinski definition) is 1. The molecule has 0 heterocycles. The summed E-state index contributed by atoms with van der Waals surface area (Å²) in [5.74, 6) is 0. The molecule has 0 aliphatic carbocycles. The second kappa shape index (κ2) is 7.44. The van der Waals surface area contributed by atoms with Crippen LogP contribution in [0.3, 0.4) is 0 Å². The van der Waals surface area contributed by atoms with E-state index in [0.29, 0.717) is 0 Å². The van der Waals surface area contributed by atoms with E-state index >= 15 is 0 Å². The zero-order chi connectivity index (χ0) is 13.4. The van der Waals surface area contributed by atoms with Gasteiger partial charge in [-0.3, -0.25) is 0 Å². The van der Waals surface area contributed by atoms with Crippen LogP contribution < -0.4 is 0 Å². The van der Waals surface area contributed by atoms with Crippen LogP contribution in [-0.4, -0.2) is 5.71 Å². The van der Waals surface area contributed by atoms with Gasteiger partial charge in [-0.05, 0) is 44.1 Å². The fraction of sp³-hybridized carbons (Fsp3) is 0.235. The third-order valence-corrected chi connectivity index (χ3v) is 2.71. The molecule has 0 radical (unpaired) electrons. The Morgan fingerprint density at radius 3 is 2.67 bits per heavy atom. The Morgan fingerprint density at radius 2 is 2.11 bits per heavy atom. The predicted octanol–water partition coefficient (Wildman–Crippen LogP) is 4.70. The van der Waals surface area contributed by atoms with Gasteiger partial charge in [-0.1, -0.05) is 43.9 Å². The number of allylic oxidation sites excluding steroid dienone is 4. The van der Waals surface area contributed by atoms with Crippen molar-refractivity contribution < 1.29 is 0 Å². The van der Waals surface area contributed by atoms with E-state index in [2.05, 4.69) is 42.8 Å². The van der Waals surface area contributed by atoms with Crippen LogP contribution >= 0.6 is 0 Å². The van der Waals surface area contributed by atoms with Gasteiger partial charge in [0.2, 0.25) is 0 Å². The third kappa shape index (κ3) is 3.85. The molecule has 0 saturated heterocycles. The summed E-state index contributed by atoms with van der Waals surface area (Å²) in [5, 5.41) is 0. The molecule has 0 atom stereocenters. The molecule has 0 aliphatic rings. The number of benzene rings is 1. The molecule has 0 N–H and O–H groups in total. The van der Waals surface area contributed by atoms with Crippen LogP contribution in [0.15, 0.2) is 65.8 Å². The zero-order valence-corrected chi connectivity index (χ0v) is 11.5. The first-order valence-electron chi connectivity index (χ1n) is 6.34. The number of aryl methyl sites for hydroxylation is 1. The summed E-state index contributed by atoms with van der Waals surface area (Å²) >= 11 is 0. The number of rotatable bonds is 5. The normalized spacial score (nSPS) is 13.1. The Bertz CT molecular complexity index is 490. The Labute approximate surface area is 110 Å². The van der Waals surface area contributed by atoms with Gasteiger partial charge >= 0.3 is 0 Å². The van der Waals surface area contributed by atoms with Gasteiger partial charge in [0.15, 0.2) is 0 Å². The van der Waals surface area contributed by atoms with E-state index in [1.165, 1.54) is 5.56 Å². The monoisotopic (exact) mass is 239 g/mol. The van der Waals surface area contributed by atoms with E-state index in [9.17, 15) is 0 Å². The second-order valence-corrected chi connectivity index (χ2v) is 3.97. The van der Waals surface area contributed by atoms with Gasteiger partial charge in [0, 0.05) is 5.56 Å². The van der Waals surface area contributed by atoms with Crippen LogP contribution in [0.25, 0.3) is 0 Å². The third-order valence-electron chi connectivity index (χ3n) is 2.71. The van der Waals surface area contributed by atoms with Gasteiger partial charge in [-0.15, -0.1) is 0 Å². The van der Waals surface area contributed by atoms with Crippen molar-refractivity contribution in [1.82, 2.24) is 0 Å². The Morgan fingerprint density at radius 1 is 1.33 bits per heavy atom. The fourth-order valence-corrected chi connectivity index (χ4v) is 1.69. The Balaban J connectivity index is 3.16.